The van der Waals surface area contributed by atoms with E-state index in [1.807, 2.05) is 13.8 Å². The molecule has 0 amide bonds. The van der Waals surface area contributed by atoms with Gasteiger partial charge in [0, 0.05) is 20.0 Å². The molecule has 1 rings (SSSR count). The van der Waals surface area contributed by atoms with Crippen LogP contribution in [0.1, 0.15) is 26.7 Å². The lowest BCUT2D eigenvalue weighted by molar-refractivity contribution is -0.142. The van der Waals surface area contributed by atoms with Crippen LogP contribution in [0.15, 0.2) is 0 Å². The minimum Gasteiger partial charge on any atom is -0.384 e. The normalized spacial score (nSPS) is 25.2. The molecule has 0 bridgehead atoms. The van der Waals surface area contributed by atoms with Gasteiger partial charge < -0.3 is 14.2 Å². The zero-order chi connectivity index (χ0) is 10.6. The third kappa shape index (κ3) is 3.74. The van der Waals surface area contributed by atoms with Gasteiger partial charge in [-0.1, -0.05) is 0 Å². The van der Waals surface area contributed by atoms with Gasteiger partial charge >= 0.3 is 0 Å². The van der Waals surface area contributed by atoms with Crippen molar-refractivity contribution in [3.63, 3.8) is 0 Å². The van der Waals surface area contributed by atoms with Gasteiger partial charge in [0.15, 0.2) is 5.79 Å². The Morgan fingerprint density at radius 2 is 2.29 bits per heavy atom. The lowest BCUT2D eigenvalue weighted by Gasteiger charge is -2.16. The van der Waals surface area contributed by atoms with Gasteiger partial charge in [0.05, 0.1) is 19.3 Å². The summed E-state index contributed by atoms with van der Waals surface area (Å²) < 4.78 is 15.7. The highest BCUT2D eigenvalue weighted by atomic mass is 16.7. The molecular weight excluding hydrogens is 184 g/mol. The molecule has 4 heteroatoms. The van der Waals surface area contributed by atoms with Crippen molar-refractivity contribution in [2.75, 3.05) is 20.3 Å². The van der Waals surface area contributed by atoms with Crippen LogP contribution in [-0.4, -0.2) is 38.0 Å². The summed E-state index contributed by atoms with van der Waals surface area (Å²) in [6, 6.07) is 0. The number of carbonyl (C=O) groups is 1. The molecular formula is C10H18O4. The van der Waals surface area contributed by atoms with E-state index >= 15 is 0 Å². The molecule has 82 valence electrons. The molecule has 0 radical (unpaired) electrons. The summed E-state index contributed by atoms with van der Waals surface area (Å²) >= 11 is 0. The number of rotatable bonds is 5. The van der Waals surface area contributed by atoms with Gasteiger partial charge in [-0.25, -0.2) is 0 Å². The first-order valence-corrected chi connectivity index (χ1v) is 4.86. The Balaban J connectivity index is 2.22. The van der Waals surface area contributed by atoms with Crippen LogP contribution >= 0.6 is 0 Å². The van der Waals surface area contributed by atoms with Gasteiger partial charge in [0.25, 0.3) is 0 Å². The molecule has 0 aromatic rings. The molecule has 0 aliphatic carbocycles. The maximum Gasteiger partial charge on any atom is 0.163 e. The highest BCUT2D eigenvalue weighted by molar-refractivity contribution is 5.79. The average molecular weight is 202 g/mol. The Labute approximate surface area is 84.5 Å². The van der Waals surface area contributed by atoms with E-state index < -0.39 is 5.79 Å². The van der Waals surface area contributed by atoms with Gasteiger partial charge in [0.2, 0.25) is 0 Å². The van der Waals surface area contributed by atoms with E-state index in [0.717, 1.165) is 0 Å². The third-order valence-electron chi connectivity index (χ3n) is 2.11. The zero-order valence-electron chi connectivity index (χ0n) is 9.04. The molecule has 0 saturated carbocycles. The number of Topliss-reactive ketones (excluding diaryl/α,β-unsaturated/α-hetero) is 1. The molecule has 1 unspecified atom stereocenters. The van der Waals surface area contributed by atoms with E-state index in [-0.39, 0.29) is 11.9 Å². The van der Waals surface area contributed by atoms with E-state index in [1.54, 1.807) is 7.11 Å². The predicted octanol–water partition coefficient (Wildman–Crippen LogP) is 1.13. The number of hydrogen-bond donors (Lipinski definition) is 0. The van der Waals surface area contributed by atoms with E-state index in [9.17, 15) is 4.79 Å². The maximum absolute atomic E-state index is 11.4. The summed E-state index contributed by atoms with van der Waals surface area (Å²) in [7, 11) is 1.59. The summed E-state index contributed by atoms with van der Waals surface area (Å²) in [4.78, 5) is 11.4. The third-order valence-corrected chi connectivity index (χ3v) is 2.11. The Morgan fingerprint density at radius 1 is 1.57 bits per heavy atom. The Kier molecular flexibility index (Phi) is 4.04. The second kappa shape index (κ2) is 4.87. The van der Waals surface area contributed by atoms with Crippen LogP contribution < -0.4 is 0 Å². The summed E-state index contributed by atoms with van der Waals surface area (Å²) in [6.07, 6.45) is 0.790. The zero-order valence-corrected chi connectivity index (χ0v) is 9.04. The monoisotopic (exact) mass is 202 g/mol. The van der Waals surface area contributed by atoms with Crippen LogP contribution in [-0.2, 0) is 19.0 Å². The highest BCUT2D eigenvalue weighted by Crippen LogP contribution is 2.24. The molecule has 0 aromatic heterocycles. The Morgan fingerprint density at radius 3 is 2.79 bits per heavy atom. The molecule has 1 fully saturated rings. The molecule has 0 spiro atoms. The van der Waals surface area contributed by atoms with Crippen molar-refractivity contribution < 1.29 is 19.0 Å². The van der Waals surface area contributed by atoms with Crippen LogP contribution in [0.5, 0.6) is 0 Å². The number of hydrogen-bond acceptors (Lipinski definition) is 4. The van der Waals surface area contributed by atoms with Gasteiger partial charge in [-0.05, 0) is 13.8 Å². The second-order valence-electron chi connectivity index (χ2n) is 3.94. The first kappa shape index (κ1) is 11.6. The molecule has 0 aromatic carbocycles. The quantitative estimate of drug-likeness (QED) is 0.670. The lowest BCUT2D eigenvalue weighted by Crippen LogP contribution is -2.23. The van der Waals surface area contributed by atoms with Gasteiger partial charge in [-0.3, -0.25) is 4.79 Å². The van der Waals surface area contributed by atoms with E-state index in [4.69, 9.17) is 14.2 Å². The van der Waals surface area contributed by atoms with Crippen molar-refractivity contribution in [1.29, 1.82) is 0 Å². The molecule has 1 atom stereocenters. The van der Waals surface area contributed by atoms with Gasteiger partial charge in [-0.2, -0.15) is 0 Å². The number of methoxy groups -OCH3 is 1. The van der Waals surface area contributed by atoms with Gasteiger partial charge in [-0.15, -0.1) is 0 Å². The van der Waals surface area contributed by atoms with Crippen LogP contribution in [0.2, 0.25) is 0 Å². The Hall–Kier alpha value is -0.450. The summed E-state index contributed by atoms with van der Waals surface area (Å²) in [5.41, 5.74) is 0. The number of carbonyl (C=O) groups excluding carboxylic acids is 1. The predicted molar refractivity (Wildman–Crippen MR) is 51.0 cm³/mol. The molecule has 1 aliphatic heterocycles. The molecule has 14 heavy (non-hydrogen) atoms. The molecule has 1 saturated heterocycles. The first-order valence-electron chi connectivity index (χ1n) is 4.86. The fraction of sp³-hybridized carbons (Fsp3) is 0.900. The molecule has 1 heterocycles. The maximum atomic E-state index is 11.4. The summed E-state index contributed by atoms with van der Waals surface area (Å²) in [5, 5.41) is 0. The van der Waals surface area contributed by atoms with Crippen LogP contribution in [0.25, 0.3) is 0 Å². The van der Waals surface area contributed by atoms with Crippen LogP contribution in [0, 0.1) is 0 Å². The SMILES string of the molecule is COCCC(=O)CC1COC(C)(C)O1. The average Bonchev–Trinajstić information content (AvgIpc) is 2.42. The Bertz CT molecular complexity index is 200. The number of ketones is 1. The number of ether oxygens (including phenoxy) is 3. The highest BCUT2D eigenvalue weighted by Gasteiger charge is 2.33. The topological polar surface area (TPSA) is 44.8 Å². The van der Waals surface area contributed by atoms with Crippen LogP contribution in [0.4, 0.5) is 0 Å². The van der Waals surface area contributed by atoms with Crippen molar-refractivity contribution in [2.45, 2.75) is 38.6 Å². The van der Waals surface area contributed by atoms with Crippen molar-refractivity contribution in [3.8, 4) is 0 Å². The first-order chi connectivity index (χ1) is 6.53. The van der Waals surface area contributed by atoms with Crippen molar-refractivity contribution in [2.24, 2.45) is 0 Å². The summed E-state index contributed by atoms with van der Waals surface area (Å²) in [5.74, 6) is -0.371. The summed E-state index contributed by atoms with van der Waals surface area (Å²) in [6.45, 7) is 4.70. The van der Waals surface area contributed by atoms with Crippen LogP contribution in [0.3, 0.4) is 0 Å². The van der Waals surface area contributed by atoms with Gasteiger partial charge in [0.1, 0.15) is 5.78 Å². The van der Waals surface area contributed by atoms with Crippen molar-refractivity contribution in [1.82, 2.24) is 0 Å². The smallest absolute Gasteiger partial charge is 0.163 e. The van der Waals surface area contributed by atoms with E-state index in [1.165, 1.54) is 0 Å². The molecule has 1 aliphatic rings. The second-order valence-corrected chi connectivity index (χ2v) is 3.94. The van der Waals surface area contributed by atoms with Crippen molar-refractivity contribution >= 4 is 5.78 Å². The molecule has 4 nitrogen and oxygen atoms in total. The minimum atomic E-state index is -0.536. The fourth-order valence-electron chi connectivity index (χ4n) is 1.44. The standard InChI is InChI=1S/C10H18O4/c1-10(2)13-7-9(14-10)6-8(11)4-5-12-3/h9H,4-7H2,1-3H3. The largest absolute Gasteiger partial charge is 0.384 e. The van der Waals surface area contributed by atoms with E-state index in [2.05, 4.69) is 0 Å². The minimum absolute atomic E-state index is 0.0886. The lowest BCUT2D eigenvalue weighted by atomic mass is 10.1. The van der Waals surface area contributed by atoms with Crippen molar-refractivity contribution in [3.05, 3.63) is 0 Å². The van der Waals surface area contributed by atoms with E-state index in [0.29, 0.717) is 26.1 Å². The fourth-order valence-corrected chi connectivity index (χ4v) is 1.44. The molecule has 0 N–H and O–H groups in total.